The molecule has 1 N–H and O–H groups in total. The third-order valence-corrected chi connectivity index (χ3v) is 6.52. The molecule has 0 unspecified atom stereocenters. The van der Waals surface area contributed by atoms with Gasteiger partial charge in [-0.3, -0.25) is 9.69 Å². The molecule has 4 aromatic rings. The van der Waals surface area contributed by atoms with Crippen LogP contribution < -0.4 is 5.32 Å². The van der Waals surface area contributed by atoms with E-state index in [1.165, 1.54) is 5.56 Å². The summed E-state index contributed by atoms with van der Waals surface area (Å²) in [6.07, 6.45) is 1.92. The Morgan fingerprint density at radius 1 is 0.970 bits per heavy atom. The number of benzene rings is 3. The highest BCUT2D eigenvalue weighted by Crippen LogP contribution is 2.24. The first-order valence-electron chi connectivity index (χ1n) is 11.4. The van der Waals surface area contributed by atoms with Gasteiger partial charge in [-0.25, -0.2) is 4.98 Å². The van der Waals surface area contributed by atoms with Crippen molar-refractivity contribution < 1.29 is 4.79 Å². The van der Waals surface area contributed by atoms with E-state index < -0.39 is 0 Å². The fourth-order valence-corrected chi connectivity index (χ4v) is 4.70. The molecule has 33 heavy (non-hydrogen) atoms. The van der Waals surface area contributed by atoms with Gasteiger partial charge in [-0.2, -0.15) is 0 Å². The van der Waals surface area contributed by atoms with Crippen LogP contribution in [0.4, 0.5) is 5.69 Å². The van der Waals surface area contributed by atoms with Gasteiger partial charge >= 0.3 is 0 Å². The van der Waals surface area contributed by atoms with E-state index in [4.69, 9.17) is 16.6 Å². The van der Waals surface area contributed by atoms with Gasteiger partial charge < -0.3 is 9.88 Å². The molecule has 0 spiro atoms. The number of likely N-dealkylation sites (tertiary alicyclic amines) is 1. The highest BCUT2D eigenvalue weighted by atomic mass is 35.5. The molecular formula is C27H27ClN4O. The number of imidazole rings is 1. The zero-order chi connectivity index (χ0) is 22.6. The van der Waals surface area contributed by atoms with Crippen LogP contribution in [-0.4, -0.2) is 33.4 Å². The molecule has 0 radical (unpaired) electrons. The number of nitrogens with zero attached hydrogens (tertiary/aromatic N) is 3. The first-order valence-corrected chi connectivity index (χ1v) is 11.8. The fourth-order valence-electron chi connectivity index (χ4n) is 4.57. The van der Waals surface area contributed by atoms with E-state index in [-0.39, 0.29) is 11.8 Å². The molecule has 0 saturated carbocycles. The molecule has 0 bridgehead atoms. The number of anilines is 1. The summed E-state index contributed by atoms with van der Waals surface area (Å²) in [4.78, 5) is 20.2. The molecule has 1 saturated heterocycles. The summed E-state index contributed by atoms with van der Waals surface area (Å²) < 4.78 is 2.28. The van der Waals surface area contributed by atoms with Crippen LogP contribution in [0.1, 0.15) is 24.2 Å². The summed E-state index contributed by atoms with van der Waals surface area (Å²) in [6.45, 7) is 3.16. The second-order valence-electron chi connectivity index (χ2n) is 8.66. The van der Waals surface area contributed by atoms with Crippen LogP contribution in [0.2, 0.25) is 5.02 Å². The molecule has 1 amide bonds. The lowest BCUT2D eigenvalue weighted by Crippen LogP contribution is -2.40. The lowest BCUT2D eigenvalue weighted by atomic mass is 9.97. The Bertz CT molecular complexity index is 1240. The van der Waals surface area contributed by atoms with Crippen LogP contribution in [0.3, 0.4) is 0 Å². The minimum atomic E-state index is -0.0203. The maximum atomic E-state index is 12.9. The molecule has 5 rings (SSSR count). The number of fused-ring (bicyclic) bond motifs is 1. The van der Waals surface area contributed by atoms with E-state index in [2.05, 4.69) is 45.1 Å². The predicted octanol–water partition coefficient (Wildman–Crippen LogP) is 5.59. The molecular weight excluding hydrogens is 432 g/mol. The maximum absolute atomic E-state index is 12.9. The van der Waals surface area contributed by atoms with Crippen molar-refractivity contribution in [3.05, 3.63) is 95.3 Å². The van der Waals surface area contributed by atoms with Gasteiger partial charge in [0.2, 0.25) is 5.91 Å². The third-order valence-electron chi connectivity index (χ3n) is 6.27. The summed E-state index contributed by atoms with van der Waals surface area (Å²) in [5.74, 6) is 1.10. The second-order valence-corrected chi connectivity index (χ2v) is 9.10. The average Bonchev–Trinajstić information content (AvgIpc) is 3.18. The third kappa shape index (κ3) is 5.10. The lowest BCUT2D eigenvalue weighted by Gasteiger charge is -2.31. The van der Waals surface area contributed by atoms with E-state index in [1.54, 1.807) is 0 Å². The number of halogens is 1. The number of aromatic nitrogens is 2. The average molecular weight is 459 g/mol. The van der Waals surface area contributed by atoms with Crippen molar-refractivity contribution in [2.45, 2.75) is 25.9 Å². The standard InChI is InChI=1S/C27H27ClN4O/c28-22-14-12-20(13-15-22)17-32-25-11-5-4-10-24(25)30-26(32)19-31-16-6-7-21(18-31)27(33)29-23-8-2-1-3-9-23/h1-5,8-15,21H,6-7,16-19H2,(H,29,33)/t21-/m1/s1. The molecule has 1 aliphatic rings. The van der Waals surface area contributed by atoms with Crippen LogP contribution in [0.15, 0.2) is 78.9 Å². The minimum Gasteiger partial charge on any atom is -0.326 e. The van der Waals surface area contributed by atoms with Crippen molar-refractivity contribution >= 4 is 34.2 Å². The number of amides is 1. The van der Waals surface area contributed by atoms with Crippen molar-refractivity contribution in [2.24, 2.45) is 5.92 Å². The summed E-state index contributed by atoms with van der Waals surface area (Å²) in [6, 6.07) is 25.9. The van der Waals surface area contributed by atoms with Gasteiger partial charge in [0.15, 0.2) is 0 Å². The van der Waals surface area contributed by atoms with Gasteiger partial charge in [0.05, 0.1) is 23.5 Å². The van der Waals surface area contributed by atoms with Gasteiger partial charge in [-0.15, -0.1) is 0 Å². The van der Waals surface area contributed by atoms with E-state index in [9.17, 15) is 4.79 Å². The molecule has 1 fully saturated rings. The number of hydrogen-bond donors (Lipinski definition) is 1. The molecule has 6 heteroatoms. The summed E-state index contributed by atoms with van der Waals surface area (Å²) in [7, 11) is 0. The number of hydrogen-bond acceptors (Lipinski definition) is 3. The van der Waals surface area contributed by atoms with Crippen molar-refractivity contribution in [2.75, 3.05) is 18.4 Å². The fraction of sp³-hybridized carbons (Fsp3) is 0.259. The summed E-state index contributed by atoms with van der Waals surface area (Å²) in [5.41, 5.74) is 4.15. The Labute approximate surface area is 199 Å². The number of carbonyl (C=O) groups excluding carboxylic acids is 1. The normalized spacial score (nSPS) is 16.7. The summed E-state index contributed by atoms with van der Waals surface area (Å²) in [5, 5.41) is 3.81. The molecule has 2 heterocycles. The van der Waals surface area contributed by atoms with Gasteiger partial charge in [0, 0.05) is 23.8 Å². The summed E-state index contributed by atoms with van der Waals surface area (Å²) >= 11 is 6.08. The van der Waals surface area contributed by atoms with Crippen molar-refractivity contribution in [1.29, 1.82) is 0 Å². The van der Waals surface area contributed by atoms with Crippen molar-refractivity contribution in [3.8, 4) is 0 Å². The zero-order valence-corrected chi connectivity index (χ0v) is 19.2. The topological polar surface area (TPSA) is 50.2 Å². The van der Waals surface area contributed by atoms with Gasteiger partial charge in [-0.1, -0.05) is 54.1 Å². The maximum Gasteiger partial charge on any atom is 0.228 e. The number of para-hydroxylation sites is 3. The Kier molecular flexibility index (Phi) is 6.42. The van der Waals surface area contributed by atoms with E-state index >= 15 is 0 Å². The van der Waals surface area contributed by atoms with E-state index in [0.717, 1.165) is 66.6 Å². The largest absolute Gasteiger partial charge is 0.326 e. The first-order chi connectivity index (χ1) is 16.2. The molecule has 5 nitrogen and oxygen atoms in total. The number of piperidine rings is 1. The van der Waals surface area contributed by atoms with Crippen molar-refractivity contribution in [3.63, 3.8) is 0 Å². The Hall–Kier alpha value is -3.15. The Balaban J connectivity index is 1.34. The second kappa shape index (κ2) is 9.77. The smallest absolute Gasteiger partial charge is 0.228 e. The van der Waals surface area contributed by atoms with Crippen LogP contribution in [0, 0.1) is 5.92 Å². The van der Waals surface area contributed by atoms with Gasteiger partial charge in [0.1, 0.15) is 5.82 Å². The molecule has 1 aromatic heterocycles. The lowest BCUT2D eigenvalue weighted by molar-refractivity contribution is -0.121. The van der Waals surface area contributed by atoms with E-state index in [1.807, 2.05) is 48.5 Å². The van der Waals surface area contributed by atoms with Crippen LogP contribution in [0.5, 0.6) is 0 Å². The van der Waals surface area contributed by atoms with Crippen molar-refractivity contribution in [1.82, 2.24) is 14.5 Å². The predicted molar refractivity (Wildman–Crippen MR) is 133 cm³/mol. The van der Waals surface area contributed by atoms with Crippen LogP contribution >= 0.6 is 11.6 Å². The number of rotatable bonds is 6. The molecule has 0 aliphatic carbocycles. The Morgan fingerprint density at radius 3 is 2.55 bits per heavy atom. The zero-order valence-electron chi connectivity index (χ0n) is 18.5. The Morgan fingerprint density at radius 2 is 1.73 bits per heavy atom. The number of carbonyl (C=O) groups is 1. The highest BCUT2D eigenvalue weighted by molar-refractivity contribution is 6.30. The monoisotopic (exact) mass is 458 g/mol. The van der Waals surface area contributed by atoms with E-state index in [0.29, 0.717) is 0 Å². The van der Waals surface area contributed by atoms with Gasteiger partial charge in [-0.05, 0) is 61.3 Å². The quantitative estimate of drug-likeness (QED) is 0.410. The first kappa shape index (κ1) is 21.7. The molecule has 1 atom stereocenters. The highest BCUT2D eigenvalue weighted by Gasteiger charge is 2.27. The number of nitrogens with one attached hydrogen (secondary N) is 1. The molecule has 3 aromatic carbocycles. The SMILES string of the molecule is O=C(Nc1ccccc1)[C@@H]1CCCN(Cc2nc3ccccc3n2Cc2ccc(Cl)cc2)C1. The molecule has 1 aliphatic heterocycles. The minimum absolute atomic E-state index is 0.0203. The van der Waals surface area contributed by atoms with Gasteiger partial charge in [0.25, 0.3) is 0 Å². The van der Waals surface area contributed by atoms with Crippen LogP contribution in [0.25, 0.3) is 11.0 Å². The van der Waals surface area contributed by atoms with Crippen LogP contribution in [-0.2, 0) is 17.9 Å². The molecule has 168 valence electrons.